The first kappa shape index (κ1) is 18.2. The number of rotatable bonds is 4. The number of aromatic amines is 1. The van der Waals surface area contributed by atoms with Gasteiger partial charge in [-0.25, -0.2) is 0 Å². The SMILES string of the molecule is O=c1[nH]c(O)c(C=NCc2ccn(-c3ccoc3)c(=O)c2)c2cc(I)ccc12. The smallest absolute Gasteiger partial charge is 0.258 e. The summed E-state index contributed by atoms with van der Waals surface area (Å²) < 4.78 is 7.41. The Hall–Kier alpha value is -3.14. The second-order valence-corrected chi connectivity index (χ2v) is 7.35. The van der Waals surface area contributed by atoms with Gasteiger partial charge in [0.1, 0.15) is 6.26 Å². The molecule has 8 heteroatoms. The van der Waals surface area contributed by atoms with Gasteiger partial charge in [0.2, 0.25) is 5.88 Å². The van der Waals surface area contributed by atoms with E-state index >= 15 is 0 Å². The zero-order valence-electron chi connectivity index (χ0n) is 14.4. The summed E-state index contributed by atoms with van der Waals surface area (Å²) in [4.78, 5) is 31.0. The molecule has 4 rings (SSSR count). The molecule has 0 spiro atoms. The van der Waals surface area contributed by atoms with Crippen LogP contribution in [0.2, 0.25) is 0 Å². The first-order valence-electron chi connectivity index (χ1n) is 8.31. The highest BCUT2D eigenvalue weighted by Crippen LogP contribution is 2.22. The molecule has 0 aliphatic rings. The van der Waals surface area contributed by atoms with Gasteiger partial charge in [-0.2, -0.15) is 0 Å². The van der Waals surface area contributed by atoms with Crippen LogP contribution in [-0.4, -0.2) is 20.9 Å². The van der Waals surface area contributed by atoms with Gasteiger partial charge in [-0.1, -0.05) is 0 Å². The minimum absolute atomic E-state index is 0.194. The molecule has 140 valence electrons. The van der Waals surface area contributed by atoms with Gasteiger partial charge in [0.15, 0.2) is 0 Å². The highest BCUT2D eigenvalue weighted by atomic mass is 127. The van der Waals surface area contributed by atoms with E-state index in [0.29, 0.717) is 22.0 Å². The zero-order chi connectivity index (χ0) is 19.7. The van der Waals surface area contributed by atoms with Crippen LogP contribution in [0.4, 0.5) is 0 Å². The van der Waals surface area contributed by atoms with Crippen LogP contribution in [0.3, 0.4) is 0 Å². The summed E-state index contributed by atoms with van der Waals surface area (Å²) in [5.74, 6) is -0.237. The molecule has 0 fully saturated rings. The summed E-state index contributed by atoms with van der Waals surface area (Å²) >= 11 is 2.14. The number of hydrogen-bond acceptors (Lipinski definition) is 5. The van der Waals surface area contributed by atoms with Gasteiger partial charge >= 0.3 is 0 Å². The first-order valence-corrected chi connectivity index (χ1v) is 9.39. The third-order valence-corrected chi connectivity index (χ3v) is 4.94. The van der Waals surface area contributed by atoms with Crippen molar-refractivity contribution in [1.82, 2.24) is 9.55 Å². The summed E-state index contributed by atoms with van der Waals surface area (Å²) in [5, 5.41) is 11.2. The molecular formula is C20H14IN3O4. The number of furan rings is 1. The fourth-order valence-electron chi connectivity index (χ4n) is 2.91. The maximum absolute atomic E-state index is 12.3. The average molecular weight is 487 g/mol. The molecule has 0 unspecified atom stereocenters. The van der Waals surface area contributed by atoms with Crippen LogP contribution < -0.4 is 11.1 Å². The molecule has 0 bridgehead atoms. The molecule has 1 aromatic carbocycles. The molecule has 0 saturated heterocycles. The van der Waals surface area contributed by atoms with Crippen molar-refractivity contribution in [2.24, 2.45) is 4.99 Å². The van der Waals surface area contributed by atoms with E-state index in [-0.39, 0.29) is 23.5 Å². The Labute approximate surface area is 172 Å². The van der Waals surface area contributed by atoms with Gasteiger partial charge < -0.3 is 9.52 Å². The predicted molar refractivity (Wildman–Crippen MR) is 115 cm³/mol. The van der Waals surface area contributed by atoms with Gasteiger partial charge in [0.25, 0.3) is 11.1 Å². The van der Waals surface area contributed by atoms with Crippen molar-refractivity contribution >= 4 is 39.6 Å². The number of hydrogen-bond donors (Lipinski definition) is 2. The molecule has 0 radical (unpaired) electrons. The van der Waals surface area contributed by atoms with Crippen molar-refractivity contribution in [2.75, 3.05) is 0 Å². The Morgan fingerprint density at radius 1 is 1.18 bits per heavy atom. The van der Waals surface area contributed by atoms with Crippen molar-refractivity contribution in [1.29, 1.82) is 0 Å². The van der Waals surface area contributed by atoms with Crippen molar-refractivity contribution in [3.63, 3.8) is 0 Å². The third-order valence-electron chi connectivity index (χ3n) is 4.27. The molecule has 28 heavy (non-hydrogen) atoms. The van der Waals surface area contributed by atoms with Gasteiger partial charge in [0, 0.05) is 38.9 Å². The molecule has 3 heterocycles. The summed E-state index contributed by atoms with van der Waals surface area (Å²) in [5.41, 5.74) is 1.26. The lowest BCUT2D eigenvalue weighted by Crippen LogP contribution is -2.16. The molecule has 0 aliphatic heterocycles. The van der Waals surface area contributed by atoms with Crippen molar-refractivity contribution in [2.45, 2.75) is 6.54 Å². The highest BCUT2D eigenvalue weighted by molar-refractivity contribution is 14.1. The van der Waals surface area contributed by atoms with E-state index in [4.69, 9.17) is 4.42 Å². The van der Waals surface area contributed by atoms with E-state index in [2.05, 4.69) is 32.6 Å². The molecule has 0 aliphatic carbocycles. The van der Waals surface area contributed by atoms with Crippen molar-refractivity contribution in [3.8, 4) is 11.6 Å². The standard InChI is InChI=1S/C20H14IN3O4/c21-13-1-2-15-16(8-13)17(20(27)23-19(15)26)10-22-9-12-3-5-24(18(25)7-12)14-4-6-28-11-14/h1-8,10-11H,9H2,(H2,23,26,27). The Morgan fingerprint density at radius 2 is 2.04 bits per heavy atom. The predicted octanol–water partition coefficient (Wildman–Crippen LogP) is 3.20. The van der Waals surface area contributed by atoms with E-state index in [9.17, 15) is 14.7 Å². The zero-order valence-corrected chi connectivity index (χ0v) is 16.6. The minimum Gasteiger partial charge on any atom is -0.494 e. The largest absolute Gasteiger partial charge is 0.494 e. The molecule has 4 aromatic rings. The number of nitrogens with one attached hydrogen (secondary N) is 1. The molecule has 3 aromatic heterocycles. The van der Waals surface area contributed by atoms with E-state index in [1.165, 1.54) is 29.4 Å². The fourth-order valence-corrected chi connectivity index (χ4v) is 3.40. The van der Waals surface area contributed by atoms with Crippen molar-refractivity contribution in [3.05, 3.63) is 90.5 Å². The van der Waals surface area contributed by atoms with Crippen LogP contribution in [0, 0.1) is 3.57 Å². The van der Waals surface area contributed by atoms with Crippen LogP contribution in [0.25, 0.3) is 16.5 Å². The number of nitrogens with zero attached hydrogens (tertiary/aromatic N) is 2. The molecule has 0 saturated carbocycles. The van der Waals surface area contributed by atoms with Crippen LogP contribution in [-0.2, 0) is 6.54 Å². The summed E-state index contributed by atoms with van der Waals surface area (Å²) in [6.07, 6.45) is 6.16. The van der Waals surface area contributed by atoms with Crippen molar-refractivity contribution < 1.29 is 9.52 Å². The molecule has 0 atom stereocenters. The van der Waals surface area contributed by atoms with Crippen LogP contribution in [0.15, 0.2) is 74.1 Å². The number of H-pyrrole nitrogens is 1. The molecular weight excluding hydrogens is 473 g/mol. The summed E-state index contributed by atoms with van der Waals surface area (Å²) in [6, 6.07) is 10.3. The van der Waals surface area contributed by atoms with Gasteiger partial charge in [-0.3, -0.25) is 24.1 Å². The Bertz CT molecular complexity index is 1300. The fraction of sp³-hybridized carbons (Fsp3) is 0.0500. The van der Waals surface area contributed by atoms with E-state index < -0.39 is 0 Å². The Balaban J connectivity index is 1.64. The quantitative estimate of drug-likeness (QED) is 0.341. The number of fused-ring (bicyclic) bond motifs is 1. The van der Waals surface area contributed by atoms with E-state index in [0.717, 1.165) is 9.13 Å². The topological polar surface area (TPSA) is 101 Å². The first-order chi connectivity index (χ1) is 13.5. The second kappa shape index (κ2) is 7.47. The molecule has 7 nitrogen and oxygen atoms in total. The molecule has 0 amide bonds. The number of aromatic hydroxyl groups is 1. The maximum atomic E-state index is 12.3. The second-order valence-electron chi connectivity index (χ2n) is 6.10. The third kappa shape index (κ3) is 3.50. The van der Waals surface area contributed by atoms with E-state index in [1.54, 1.807) is 24.4 Å². The number of benzene rings is 1. The van der Waals surface area contributed by atoms with E-state index in [1.807, 2.05) is 12.1 Å². The van der Waals surface area contributed by atoms with Gasteiger partial charge in [-0.05, 0) is 52.4 Å². The van der Waals surface area contributed by atoms with Crippen LogP contribution >= 0.6 is 22.6 Å². The normalized spacial score (nSPS) is 11.5. The lowest BCUT2D eigenvalue weighted by Gasteiger charge is -2.05. The number of halogens is 1. The highest BCUT2D eigenvalue weighted by Gasteiger charge is 2.10. The maximum Gasteiger partial charge on any atom is 0.258 e. The minimum atomic E-state index is -0.357. The Kier molecular flexibility index (Phi) is 4.86. The van der Waals surface area contributed by atoms with Crippen LogP contribution in [0.1, 0.15) is 11.1 Å². The number of aromatic nitrogens is 2. The van der Waals surface area contributed by atoms with Crippen LogP contribution in [0.5, 0.6) is 5.88 Å². The lowest BCUT2D eigenvalue weighted by atomic mass is 10.1. The lowest BCUT2D eigenvalue weighted by molar-refractivity contribution is 0.452. The summed E-state index contributed by atoms with van der Waals surface area (Å²) in [7, 11) is 0. The molecule has 2 N–H and O–H groups in total. The average Bonchev–Trinajstić information content (AvgIpc) is 3.18. The monoisotopic (exact) mass is 487 g/mol. The number of aliphatic imine (C=N–C) groups is 1. The number of pyridine rings is 2. The summed E-state index contributed by atoms with van der Waals surface area (Å²) in [6.45, 7) is 0.255. The van der Waals surface area contributed by atoms with Gasteiger partial charge in [-0.15, -0.1) is 0 Å². The Morgan fingerprint density at radius 3 is 2.79 bits per heavy atom. The van der Waals surface area contributed by atoms with Gasteiger partial charge in [0.05, 0.1) is 24.1 Å².